The van der Waals surface area contributed by atoms with Gasteiger partial charge in [0.05, 0.1) is 0 Å². The number of hydrazine groups is 1. The van der Waals surface area contributed by atoms with Gasteiger partial charge in [0, 0.05) is 34.1 Å². The van der Waals surface area contributed by atoms with Gasteiger partial charge in [-0.05, 0) is 30.5 Å². The number of anilines is 1. The number of aromatic nitrogens is 2. The van der Waals surface area contributed by atoms with E-state index < -0.39 is 0 Å². The number of benzene rings is 1. The zero-order valence-corrected chi connectivity index (χ0v) is 12.2. The van der Waals surface area contributed by atoms with Crippen LogP contribution in [0.1, 0.15) is 35.8 Å². The summed E-state index contributed by atoms with van der Waals surface area (Å²) in [5.41, 5.74) is 4.46. The van der Waals surface area contributed by atoms with Crippen molar-refractivity contribution in [3.8, 4) is 0 Å². The molecule has 1 heterocycles. The number of nitrogens with zero attached hydrogens (tertiary/aromatic N) is 2. The smallest absolute Gasteiger partial charge is 0.143 e. The van der Waals surface area contributed by atoms with Gasteiger partial charge in [-0.3, -0.25) is 0 Å². The van der Waals surface area contributed by atoms with E-state index in [1.165, 1.54) is 12.8 Å². The first-order valence-electron chi connectivity index (χ1n) is 6.44. The molecule has 2 aromatic rings. The molecule has 0 bridgehead atoms. The van der Waals surface area contributed by atoms with Crippen LogP contribution in [0.25, 0.3) is 0 Å². The maximum Gasteiger partial charge on any atom is 0.143 e. The number of nitrogen functional groups attached to an aromatic ring is 1. The summed E-state index contributed by atoms with van der Waals surface area (Å²) in [6.45, 7) is 0. The molecular formula is C14H14Cl2N4. The minimum Gasteiger partial charge on any atom is -0.308 e. The fourth-order valence-corrected chi connectivity index (χ4v) is 2.65. The monoisotopic (exact) mass is 308 g/mol. The van der Waals surface area contributed by atoms with Crippen molar-refractivity contribution in [1.29, 1.82) is 0 Å². The van der Waals surface area contributed by atoms with Gasteiger partial charge in [-0.2, -0.15) is 0 Å². The molecule has 0 unspecified atom stereocenters. The van der Waals surface area contributed by atoms with Gasteiger partial charge in [0.15, 0.2) is 0 Å². The van der Waals surface area contributed by atoms with Gasteiger partial charge >= 0.3 is 0 Å². The normalized spacial score (nSPS) is 14.3. The summed E-state index contributed by atoms with van der Waals surface area (Å²) in [5.74, 6) is 7.31. The van der Waals surface area contributed by atoms with Crippen LogP contribution in [0.15, 0.2) is 24.3 Å². The molecule has 3 N–H and O–H groups in total. The van der Waals surface area contributed by atoms with Crippen LogP contribution in [-0.4, -0.2) is 9.97 Å². The lowest BCUT2D eigenvalue weighted by molar-refractivity contribution is 0.899. The van der Waals surface area contributed by atoms with Crippen molar-refractivity contribution in [3.05, 3.63) is 51.4 Å². The molecule has 20 heavy (non-hydrogen) atoms. The fraction of sp³-hybridized carbons (Fsp3) is 0.286. The van der Waals surface area contributed by atoms with E-state index in [1.54, 1.807) is 0 Å². The molecule has 1 aliphatic carbocycles. The molecule has 6 heteroatoms. The first kappa shape index (κ1) is 13.6. The van der Waals surface area contributed by atoms with Crippen molar-refractivity contribution < 1.29 is 0 Å². The highest BCUT2D eigenvalue weighted by atomic mass is 35.5. The van der Waals surface area contributed by atoms with E-state index in [1.807, 2.05) is 24.3 Å². The van der Waals surface area contributed by atoms with E-state index >= 15 is 0 Å². The van der Waals surface area contributed by atoms with Gasteiger partial charge in [0.25, 0.3) is 0 Å². The van der Waals surface area contributed by atoms with Gasteiger partial charge in [0.1, 0.15) is 11.6 Å². The number of hydrogen-bond donors (Lipinski definition) is 2. The van der Waals surface area contributed by atoms with Crippen molar-refractivity contribution in [2.75, 3.05) is 5.43 Å². The van der Waals surface area contributed by atoms with Gasteiger partial charge < -0.3 is 5.43 Å². The Balaban J connectivity index is 1.95. The third-order valence-corrected chi connectivity index (χ3v) is 4.04. The lowest BCUT2D eigenvalue weighted by Gasteiger charge is -2.09. The summed E-state index contributed by atoms with van der Waals surface area (Å²) in [7, 11) is 0. The highest BCUT2D eigenvalue weighted by Gasteiger charge is 2.26. The Bertz CT molecular complexity index is 621. The Morgan fingerprint density at radius 1 is 1.20 bits per heavy atom. The molecule has 0 saturated heterocycles. The molecule has 1 saturated carbocycles. The van der Waals surface area contributed by atoms with E-state index in [-0.39, 0.29) is 0 Å². The second-order valence-corrected chi connectivity index (χ2v) is 5.70. The number of halogens is 2. The highest BCUT2D eigenvalue weighted by Crippen LogP contribution is 2.39. The second kappa shape index (κ2) is 5.56. The molecule has 0 aliphatic heterocycles. The van der Waals surface area contributed by atoms with Crippen LogP contribution in [0.5, 0.6) is 0 Å². The average molecular weight is 309 g/mol. The van der Waals surface area contributed by atoms with Crippen molar-refractivity contribution in [1.82, 2.24) is 9.97 Å². The fourth-order valence-electron chi connectivity index (χ4n) is 2.12. The lowest BCUT2D eigenvalue weighted by Crippen LogP contribution is -2.12. The largest absolute Gasteiger partial charge is 0.308 e. The van der Waals surface area contributed by atoms with Crippen molar-refractivity contribution >= 4 is 29.0 Å². The lowest BCUT2D eigenvalue weighted by atomic mass is 10.1. The quantitative estimate of drug-likeness (QED) is 0.670. The standard InChI is InChI=1S/C14H14Cl2N4/c15-10-2-1-3-11(16)9(10)6-13-18-12(8-4-5-8)7-14(19-13)20-17/h1-3,7-8H,4-6,17H2,(H,18,19,20). The maximum absolute atomic E-state index is 6.19. The Morgan fingerprint density at radius 2 is 1.90 bits per heavy atom. The Hall–Kier alpha value is -1.36. The molecule has 1 fully saturated rings. The van der Waals surface area contributed by atoms with Gasteiger partial charge in [-0.25, -0.2) is 15.8 Å². The molecule has 1 aromatic carbocycles. The van der Waals surface area contributed by atoms with Gasteiger partial charge in [0.2, 0.25) is 0 Å². The van der Waals surface area contributed by atoms with Gasteiger partial charge in [-0.1, -0.05) is 29.3 Å². The van der Waals surface area contributed by atoms with E-state index in [4.69, 9.17) is 29.0 Å². The molecule has 1 aromatic heterocycles. The van der Waals surface area contributed by atoms with Crippen LogP contribution in [0.4, 0.5) is 5.82 Å². The summed E-state index contributed by atoms with van der Waals surface area (Å²) in [5, 5.41) is 1.25. The molecule has 1 aliphatic rings. The summed E-state index contributed by atoms with van der Waals surface area (Å²) in [4.78, 5) is 8.97. The highest BCUT2D eigenvalue weighted by molar-refractivity contribution is 6.36. The number of rotatable bonds is 4. The predicted octanol–water partition coefficient (Wildman–Crippen LogP) is 3.54. The van der Waals surface area contributed by atoms with E-state index in [9.17, 15) is 0 Å². The van der Waals surface area contributed by atoms with Crippen molar-refractivity contribution in [2.24, 2.45) is 5.84 Å². The molecule has 0 amide bonds. The van der Waals surface area contributed by atoms with E-state index in [0.717, 1.165) is 11.3 Å². The predicted molar refractivity (Wildman–Crippen MR) is 81.1 cm³/mol. The van der Waals surface area contributed by atoms with E-state index in [2.05, 4.69) is 15.4 Å². The second-order valence-electron chi connectivity index (χ2n) is 4.89. The number of nitrogens with one attached hydrogen (secondary N) is 1. The average Bonchev–Trinajstić information content (AvgIpc) is 3.27. The molecular weight excluding hydrogens is 295 g/mol. The zero-order valence-electron chi connectivity index (χ0n) is 10.7. The molecule has 3 rings (SSSR count). The maximum atomic E-state index is 6.19. The van der Waals surface area contributed by atoms with Crippen molar-refractivity contribution in [2.45, 2.75) is 25.2 Å². The van der Waals surface area contributed by atoms with Crippen LogP contribution >= 0.6 is 23.2 Å². The van der Waals surface area contributed by atoms with E-state index in [0.29, 0.717) is 34.0 Å². The summed E-state index contributed by atoms with van der Waals surface area (Å²) < 4.78 is 0. The van der Waals surface area contributed by atoms with Crippen LogP contribution in [0, 0.1) is 0 Å². The topological polar surface area (TPSA) is 63.8 Å². The van der Waals surface area contributed by atoms with Crippen molar-refractivity contribution in [3.63, 3.8) is 0 Å². The van der Waals surface area contributed by atoms with Crippen LogP contribution < -0.4 is 11.3 Å². The van der Waals surface area contributed by atoms with Gasteiger partial charge in [-0.15, -0.1) is 0 Å². The number of hydrogen-bond acceptors (Lipinski definition) is 4. The van der Waals surface area contributed by atoms with Crippen LogP contribution in [0.2, 0.25) is 10.0 Å². The zero-order chi connectivity index (χ0) is 14.1. The van der Waals surface area contributed by atoms with Crippen LogP contribution in [-0.2, 0) is 6.42 Å². The molecule has 0 atom stereocenters. The minimum atomic E-state index is 0.494. The minimum absolute atomic E-state index is 0.494. The third-order valence-electron chi connectivity index (χ3n) is 3.33. The molecule has 4 nitrogen and oxygen atoms in total. The summed E-state index contributed by atoms with van der Waals surface area (Å²) in [6, 6.07) is 7.35. The van der Waals surface area contributed by atoms with Crippen LogP contribution in [0.3, 0.4) is 0 Å². The third kappa shape index (κ3) is 2.87. The first-order chi connectivity index (χ1) is 9.67. The summed E-state index contributed by atoms with van der Waals surface area (Å²) in [6.07, 6.45) is 2.84. The molecule has 0 radical (unpaired) electrons. The molecule has 0 spiro atoms. The Morgan fingerprint density at radius 3 is 2.50 bits per heavy atom. The number of nitrogens with two attached hydrogens (primary N) is 1. The summed E-state index contributed by atoms with van der Waals surface area (Å²) >= 11 is 12.4. The first-order valence-corrected chi connectivity index (χ1v) is 7.20. The Labute approximate surface area is 127 Å². The molecule has 104 valence electrons. The Kier molecular flexibility index (Phi) is 3.78. The SMILES string of the molecule is NNc1cc(C2CC2)nc(Cc2c(Cl)cccc2Cl)n1.